The van der Waals surface area contributed by atoms with Crippen molar-refractivity contribution in [3.8, 4) is 0 Å². The number of alkyl halides is 7. The van der Waals surface area contributed by atoms with Crippen molar-refractivity contribution < 1.29 is 31.1 Å². The van der Waals surface area contributed by atoms with E-state index in [0.717, 1.165) is 0 Å². The van der Waals surface area contributed by atoms with Gasteiger partial charge < -0.3 is 0 Å². The van der Waals surface area contributed by atoms with Crippen LogP contribution in [0.4, 0.5) is 26.3 Å². The van der Waals surface area contributed by atoms with Gasteiger partial charge >= 0.3 is 12.4 Å². The van der Waals surface area contributed by atoms with Gasteiger partial charge in [-0.1, -0.05) is 22.9 Å². The molecule has 0 fully saturated rings. The molecule has 1 aromatic carbocycles. The van der Waals surface area contributed by atoms with Gasteiger partial charge in [0.1, 0.15) is 5.78 Å². The lowest BCUT2D eigenvalue weighted by Crippen LogP contribution is -2.19. The number of Topliss-reactive ketones (excluding diaryl/α,β-unsaturated/α-hetero) is 1. The summed E-state index contributed by atoms with van der Waals surface area (Å²) in [5, 5.41) is 0. The lowest BCUT2D eigenvalue weighted by Gasteiger charge is -2.20. The molecule has 0 aliphatic rings. The molecule has 1 nitrogen and oxygen atoms in total. The van der Waals surface area contributed by atoms with Crippen LogP contribution in [-0.4, -0.2) is 10.6 Å². The Labute approximate surface area is 125 Å². The first-order valence-corrected chi connectivity index (χ1v) is 6.69. The Hall–Kier alpha value is -1.05. The minimum Gasteiger partial charge on any atom is -0.299 e. The van der Waals surface area contributed by atoms with Crippen molar-refractivity contribution in [2.24, 2.45) is 0 Å². The van der Waals surface area contributed by atoms with E-state index in [4.69, 9.17) is 0 Å². The Morgan fingerprint density at radius 2 is 1.38 bits per heavy atom. The maximum absolute atomic E-state index is 12.7. The number of rotatable bonds is 3. The van der Waals surface area contributed by atoms with Gasteiger partial charge in [0, 0.05) is 5.92 Å². The van der Waals surface area contributed by atoms with Gasteiger partial charge in [-0.2, -0.15) is 26.3 Å². The number of carbonyl (C=O) groups is 1. The summed E-state index contributed by atoms with van der Waals surface area (Å²) >= 11 is 2.98. The molecule has 0 aliphatic carbocycles. The predicted molar refractivity (Wildman–Crippen MR) is 68.3 cm³/mol. The van der Waals surface area contributed by atoms with Crippen molar-refractivity contribution in [2.75, 3.05) is 0 Å². The molecule has 0 aromatic heterocycles. The van der Waals surface area contributed by atoms with Crippen LogP contribution < -0.4 is 0 Å². The third-order valence-corrected chi connectivity index (χ3v) is 4.40. The van der Waals surface area contributed by atoms with Crippen LogP contribution in [-0.2, 0) is 17.1 Å². The Morgan fingerprint density at radius 3 is 1.67 bits per heavy atom. The molecule has 0 spiro atoms. The van der Waals surface area contributed by atoms with Crippen molar-refractivity contribution in [1.82, 2.24) is 0 Å². The number of hydrogen-bond acceptors (Lipinski definition) is 1. The zero-order valence-corrected chi connectivity index (χ0v) is 12.5. The van der Waals surface area contributed by atoms with Gasteiger partial charge in [0.05, 0.1) is 16.0 Å². The Bertz CT molecular complexity index is 502. The Kier molecular flexibility index (Phi) is 5.13. The van der Waals surface area contributed by atoms with Gasteiger partial charge in [-0.05, 0) is 30.7 Å². The SMILES string of the molecule is CC(=O)C(Br)C(C)c1cc(C(F)(F)F)cc(C(F)(F)F)c1. The van der Waals surface area contributed by atoms with Crippen LogP contribution in [0.3, 0.4) is 0 Å². The molecule has 2 unspecified atom stereocenters. The zero-order chi connectivity index (χ0) is 16.6. The summed E-state index contributed by atoms with van der Waals surface area (Å²) in [5.74, 6) is -1.21. The van der Waals surface area contributed by atoms with Crippen LogP contribution in [0.15, 0.2) is 18.2 Å². The highest BCUT2D eigenvalue weighted by atomic mass is 79.9. The molecule has 8 heteroatoms. The molecule has 118 valence electrons. The number of halogens is 7. The van der Waals surface area contributed by atoms with Crippen molar-refractivity contribution in [2.45, 2.75) is 36.9 Å². The maximum atomic E-state index is 12.7. The molecule has 2 atom stereocenters. The Morgan fingerprint density at radius 1 is 1.00 bits per heavy atom. The highest BCUT2D eigenvalue weighted by molar-refractivity contribution is 9.10. The van der Waals surface area contributed by atoms with Crippen LogP contribution in [0.5, 0.6) is 0 Å². The first kappa shape index (κ1) is 18.0. The van der Waals surface area contributed by atoms with E-state index < -0.39 is 34.2 Å². The van der Waals surface area contributed by atoms with Crippen molar-refractivity contribution in [3.63, 3.8) is 0 Å². The van der Waals surface area contributed by atoms with Crippen LogP contribution in [0, 0.1) is 0 Å². The molecule has 0 radical (unpaired) electrons. The summed E-state index contributed by atoms with van der Waals surface area (Å²) in [4.78, 5) is 10.4. The van der Waals surface area contributed by atoms with Gasteiger partial charge in [0.2, 0.25) is 0 Å². The molecule has 1 rings (SSSR count). The summed E-state index contributed by atoms with van der Waals surface area (Å²) in [6.07, 6.45) is -9.79. The molecule has 21 heavy (non-hydrogen) atoms. The predicted octanol–water partition coefficient (Wildman–Crippen LogP) is 5.18. The van der Waals surface area contributed by atoms with E-state index >= 15 is 0 Å². The fourth-order valence-corrected chi connectivity index (χ4v) is 2.07. The minimum atomic E-state index is -4.90. The minimum absolute atomic E-state index is 0.0627. The number of carbonyl (C=O) groups excluding carboxylic acids is 1. The molecule has 0 amide bonds. The highest BCUT2D eigenvalue weighted by Gasteiger charge is 2.37. The summed E-state index contributed by atoms with van der Waals surface area (Å²) in [5.41, 5.74) is -2.97. The summed E-state index contributed by atoms with van der Waals surface area (Å²) in [7, 11) is 0. The quantitative estimate of drug-likeness (QED) is 0.524. The maximum Gasteiger partial charge on any atom is 0.416 e. The summed E-state index contributed by atoms with van der Waals surface area (Å²) < 4.78 is 76.3. The second kappa shape index (κ2) is 5.98. The number of ketones is 1. The molecule has 0 saturated heterocycles. The van der Waals surface area contributed by atoms with Crippen LogP contribution in [0.2, 0.25) is 0 Å². The summed E-state index contributed by atoms with van der Waals surface area (Å²) in [6.45, 7) is 2.59. The number of benzene rings is 1. The van der Waals surface area contributed by atoms with E-state index in [2.05, 4.69) is 15.9 Å². The first-order chi connectivity index (χ1) is 9.34. The molecule has 0 heterocycles. The smallest absolute Gasteiger partial charge is 0.299 e. The lowest BCUT2D eigenvalue weighted by atomic mass is 9.92. The van der Waals surface area contributed by atoms with Crippen molar-refractivity contribution in [1.29, 1.82) is 0 Å². The monoisotopic (exact) mass is 376 g/mol. The highest BCUT2D eigenvalue weighted by Crippen LogP contribution is 2.38. The van der Waals surface area contributed by atoms with Gasteiger partial charge in [0.15, 0.2) is 0 Å². The topological polar surface area (TPSA) is 17.1 Å². The standard InChI is InChI=1S/C13H11BrF6O/c1-6(11(14)7(2)21)8-3-9(12(15,16)17)5-10(4-8)13(18,19)20/h3-6,11H,1-2H3. The van der Waals surface area contributed by atoms with E-state index in [-0.39, 0.29) is 17.4 Å². The average molecular weight is 377 g/mol. The summed E-state index contributed by atoms with van der Waals surface area (Å²) in [6, 6.07) is 1.33. The molecule has 0 aliphatic heterocycles. The largest absolute Gasteiger partial charge is 0.416 e. The molecule has 1 aromatic rings. The van der Waals surface area contributed by atoms with E-state index in [1.54, 1.807) is 0 Å². The van der Waals surface area contributed by atoms with Crippen LogP contribution >= 0.6 is 15.9 Å². The van der Waals surface area contributed by atoms with Crippen molar-refractivity contribution >= 4 is 21.7 Å². The zero-order valence-electron chi connectivity index (χ0n) is 10.9. The molecular weight excluding hydrogens is 366 g/mol. The average Bonchev–Trinajstić information content (AvgIpc) is 2.34. The molecule has 0 N–H and O–H groups in total. The first-order valence-electron chi connectivity index (χ1n) is 5.78. The van der Waals surface area contributed by atoms with E-state index in [9.17, 15) is 31.1 Å². The second-order valence-electron chi connectivity index (χ2n) is 4.64. The fourth-order valence-electron chi connectivity index (χ4n) is 1.76. The van der Waals surface area contributed by atoms with Gasteiger partial charge in [0.25, 0.3) is 0 Å². The van der Waals surface area contributed by atoms with E-state index in [0.29, 0.717) is 12.1 Å². The molecule has 0 bridgehead atoms. The van der Waals surface area contributed by atoms with Gasteiger partial charge in [-0.3, -0.25) is 4.79 Å². The third-order valence-electron chi connectivity index (χ3n) is 2.96. The lowest BCUT2D eigenvalue weighted by molar-refractivity contribution is -0.143. The number of hydrogen-bond donors (Lipinski definition) is 0. The van der Waals surface area contributed by atoms with E-state index in [1.165, 1.54) is 13.8 Å². The van der Waals surface area contributed by atoms with Gasteiger partial charge in [-0.15, -0.1) is 0 Å². The normalized spacial score (nSPS) is 15.7. The van der Waals surface area contributed by atoms with Gasteiger partial charge in [-0.25, -0.2) is 0 Å². The van der Waals surface area contributed by atoms with E-state index in [1.807, 2.05) is 0 Å². The van der Waals surface area contributed by atoms with Crippen molar-refractivity contribution in [3.05, 3.63) is 34.9 Å². The third kappa shape index (κ3) is 4.46. The molecule has 0 saturated carbocycles. The second-order valence-corrected chi connectivity index (χ2v) is 5.63. The fraction of sp³-hybridized carbons (Fsp3) is 0.462. The van der Waals surface area contributed by atoms with Crippen LogP contribution in [0.1, 0.15) is 36.5 Å². The Balaban J connectivity index is 3.42. The van der Waals surface area contributed by atoms with Crippen LogP contribution in [0.25, 0.3) is 0 Å². The molecular formula is C13H11BrF6O.